The van der Waals surface area contributed by atoms with Gasteiger partial charge in [0.15, 0.2) is 0 Å². The van der Waals surface area contributed by atoms with Crippen molar-refractivity contribution in [1.82, 2.24) is 0 Å². The molecular weight excluding hydrogens is 233 g/mol. The second kappa shape index (κ2) is 3.70. The summed E-state index contributed by atoms with van der Waals surface area (Å²) in [5.74, 6) is -0.389. The van der Waals surface area contributed by atoms with E-state index in [2.05, 4.69) is 5.32 Å². The summed E-state index contributed by atoms with van der Waals surface area (Å²) in [6, 6.07) is 4.60. The van der Waals surface area contributed by atoms with Crippen LogP contribution < -0.4 is 5.32 Å². The summed E-state index contributed by atoms with van der Waals surface area (Å²) in [4.78, 5) is 11.6. The van der Waals surface area contributed by atoms with E-state index in [1.807, 2.05) is 0 Å². The lowest BCUT2D eigenvalue weighted by Gasteiger charge is -2.29. The van der Waals surface area contributed by atoms with E-state index in [0.717, 1.165) is 18.4 Å². The van der Waals surface area contributed by atoms with Crippen molar-refractivity contribution in [3.63, 3.8) is 0 Å². The average molecular weight is 249 g/mol. The van der Waals surface area contributed by atoms with Crippen LogP contribution in [0.3, 0.4) is 0 Å². The van der Waals surface area contributed by atoms with Crippen molar-refractivity contribution in [2.24, 2.45) is 11.8 Å². The summed E-state index contributed by atoms with van der Waals surface area (Å²) in [5.41, 5.74) is 0.482. The first-order valence-corrected chi connectivity index (χ1v) is 6.30. The number of hydrogen-bond acceptors (Lipinski definition) is 2. The maximum atomic E-state index is 13.3. The van der Waals surface area contributed by atoms with E-state index < -0.39 is 11.5 Å². The number of anilines is 1. The first kappa shape index (κ1) is 11.5. The van der Waals surface area contributed by atoms with Crippen molar-refractivity contribution in [3.05, 3.63) is 29.6 Å². The number of carbonyl (C=O) groups is 1. The van der Waals surface area contributed by atoms with Crippen molar-refractivity contribution >= 4 is 11.7 Å². The van der Waals surface area contributed by atoms with Gasteiger partial charge in [-0.15, -0.1) is 0 Å². The predicted octanol–water partition coefficient (Wildman–Crippen LogP) is 2.80. The zero-order valence-corrected chi connectivity index (χ0v) is 10.2. The van der Waals surface area contributed by atoms with E-state index in [1.54, 1.807) is 13.0 Å². The van der Waals surface area contributed by atoms with Crippen molar-refractivity contribution < 1.29 is 14.3 Å². The second-order valence-corrected chi connectivity index (χ2v) is 5.56. The molecule has 0 heterocycles. The van der Waals surface area contributed by atoms with E-state index in [1.165, 1.54) is 12.1 Å². The molecule has 2 aliphatic carbocycles. The highest BCUT2D eigenvalue weighted by Crippen LogP contribution is 2.58. The number of fused-ring (bicyclic) bond motifs is 1. The SMILES string of the molecule is Cc1cc(F)cc(NC2(C(=O)O)CCC3CC32)c1. The first-order valence-electron chi connectivity index (χ1n) is 6.30. The molecule has 18 heavy (non-hydrogen) atoms. The highest BCUT2D eigenvalue weighted by Gasteiger charge is 2.62. The third kappa shape index (κ3) is 1.67. The van der Waals surface area contributed by atoms with E-state index in [-0.39, 0.29) is 11.7 Å². The number of hydrogen-bond donors (Lipinski definition) is 2. The Bertz CT molecular complexity index is 496. The fourth-order valence-electron chi connectivity index (χ4n) is 3.31. The molecule has 0 bridgehead atoms. The van der Waals surface area contributed by atoms with E-state index in [4.69, 9.17) is 0 Å². The number of halogens is 1. The monoisotopic (exact) mass is 249 g/mol. The smallest absolute Gasteiger partial charge is 0.329 e. The Morgan fingerprint density at radius 2 is 2.28 bits per heavy atom. The van der Waals surface area contributed by atoms with E-state index >= 15 is 0 Å². The fraction of sp³-hybridized carbons (Fsp3) is 0.500. The van der Waals surface area contributed by atoms with Gasteiger partial charge in [-0.2, -0.15) is 0 Å². The Morgan fingerprint density at radius 1 is 1.50 bits per heavy atom. The van der Waals surface area contributed by atoms with Gasteiger partial charge in [-0.05, 0) is 61.8 Å². The summed E-state index contributed by atoms with van der Waals surface area (Å²) >= 11 is 0. The molecule has 0 amide bonds. The molecule has 0 saturated heterocycles. The molecule has 0 radical (unpaired) electrons. The van der Waals surface area contributed by atoms with Gasteiger partial charge in [-0.25, -0.2) is 9.18 Å². The molecule has 0 aliphatic heterocycles. The van der Waals surface area contributed by atoms with Gasteiger partial charge in [0.2, 0.25) is 0 Å². The van der Waals surface area contributed by atoms with Gasteiger partial charge in [0, 0.05) is 5.69 Å². The molecule has 3 rings (SSSR count). The van der Waals surface area contributed by atoms with Crippen molar-refractivity contribution in [2.75, 3.05) is 5.32 Å². The van der Waals surface area contributed by atoms with Gasteiger partial charge in [-0.1, -0.05) is 0 Å². The molecule has 1 aromatic rings. The zero-order valence-electron chi connectivity index (χ0n) is 10.2. The Hall–Kier alpha value is -1.58. The minimum atomic E-state index is -0.884. The average Bonchev–Trinajstić information content (AvgIpc) is 2.96. The van der Waals surface area contributed by atoms with Crippen LogP contribution in [0.15, 0.2) is 18.2 Å². The van der Waals surface area contributed by atoms with Crippen LogP contribution in [-0.2, 0) is 4.79 Å². The lowest BCUT2D eigenvalue weighted by Crippen LogP contribution is -2.46. The topological polar surface area (TPSA) is 49.3 Å². The summed E-state index contributed by atoms with van der Waals surface area (Å²) in [7, 11) is 0. The molecule has 2 fully saturated rings. The van der Waals surface area contributed by atoms with Gasteiger partial charge < -0.3 is 10.4 Å². The minimum absolute atomic E-state index is 0.207. The Balaban J connectivity index is 1.91. The Morgan fingerprint density at radius 3 is 2.78 bits per heavy atom. The molecular formula is C14H16FNO2. The molecule has 0 aromatic heterocycles. The molecule has 3 unspecified atom stereocenters. The number of aliphatic carboxylic acids is 1. The number of benzene rings is 1. The quantitative estimate of drug-likeness (QED) is 0.866. The maximum absolute atomic E-state index is 13.3. The fourth-order valence-corrected chi connectivity index (χ4v) is 3.31. The second-order valence-electron chi connectivity index (χ2n) is 5.56. The van der Waals surface area contributed by atoms with Crippen molar-refractivity contribution in [1.29, 1.82) is 0 Å². The molecule has 1 aromatic carbocycles. The first-order chi connectivity index (χ1) is 8.51. The lowest BCUT2D eigenvalue weighted by molar-refractivity contribution is -0.142. The predicted molar refractivity (Wildman–Crippen MR) is 66.0 cm³/mol. The summed E-state index contributed by atoms with van der Waals surface area (Å²) in [5, 5.41) is 12.6. The Kier molecular flexibility index (Phi) is 2.37. The normalized spacial score (nSPS) is 33.0. The van der Waals surface area contributed by atoms with Gasteiger partial charge in [0.25, 0.3) is 0 Å². The van der Waals surface area contributed by atoms with Crippen LogP contribution in [-0.4, -0.2) is 16.6 Å². The largest absolute Gasteiger partial charge is 0.479 e. The number of rotatable bonds is 3. The van der Waals surface area contributed by atoms with Crippen LogP contribution in [0.25, 0.3) is 0 Å². The summed E-state index contributed by atoms with van der Waals surface area (Å²) < 4.78 is 13.3. The van der Waals surface area contributed by atoms with Crippen LogP contribution in [0.1, 0.15) is 24.8 Å². The molecule has 2 N–H and O–H groups in total. The van der Waals surface area contributed by atoms with Crippen molar-refractivity contribution in [2.45, 2.75) is 31.7 Å². The van der Waals surface area contributed by atoms with Gasteiger partial charge in [0.1, 0.15) is 11.4 Å². The van der Waals surface area contributed by atoms with Crippen LogP contribution in [0, 0.1) is 24.6 Å². The number of carboxylic acid groups (broad SMARTS) is 1. The standard InChI is InChI=1S/C14H16FNO2/c1-8-4-10(15)7-11(5-8)16-14(13(17)18)3-2-9-6-12(9)14/h4-5,7,9,12,16H,2-3,6H2,1H3,(H,17,18). The molecule has 0 spiro atoms. The molecule has 2 saturated carbocycles. The highest BCUT2D eigenvalue weighted by molar-refractivity contribution is 5.84. The molecule has 4 heteroatoms. The Labute approximate surface area is 105 Å². The van der Waals surface area contributed by atoms with Gasteiger partial charge >= 0.3 is 5.97 Å². The van der Waals surface area contributed by atoms with E-state index in [9.17, 15) is 14.3 Å². The lowest BCUT2D eigenvalue weighted by atomic mass is 9.92. The summed E-state index contributed by atoms with van der Waals surface area (Å²) in [6.45, 7) is 1.80. The minimum Gasteiger partial charge on any atom is -0.479 e. The van der Waals surface area contributed by atoms with Crippen LogP contribution in [0.4, 0.5) is 10.1 Å². The highest BCUT2D eigenvalue weighted by atomic mass is 19.1. The maximum Gasteiger partial charge on any atom is 0.329 e. The molecule has 3 nitrogen and oxygen atoms in total. The van der Waals surface area contributed by atoms with Crippen LogP contribution in [0.5, 0.6) is 0 Å². The molecule has 3 atom stereocenters. The van der Waals surface area contributed by atoms with Crippen LogP contribution in [0.2, 0.25) is 0 Å². The van der Waals surface area contributed by atoms with Crippen molar-refractivity contribution in [3.8, 4) is 0 Å². The van der Waals surface area contributed by atoms with Gasteiger partial charge in [0.05, 0.1) is 0 Å². The summed E-state index contributed by atoms with van der Waals surface area (Å²) in [6.07, 6.45) is 2.57. The molecule has 96 valence electrons. The number of carboxylic acids is 1. The van der Waals surface area contributed by atoms with Gasteiger partial charge in [-0.3, -0.25) is 0 Å². The zero-order chi connectivity index (χ0) is 12.9. The van der Waals surface area contributed by atoms with E-state index in [0.29, 0.717) is 18.0 Å². The third-order valence-corrected chi connectivity index (χ3v) is 4.26. The van der Waals surface area contributed by atoms with Crippen LogP contribution >= 0.6 is 0 Å². The third-order valence-electron chi connectivity index (χ3n) is 4.26. The molecule has 2 aliphatic rings. The number of nitrogens with one attached hydrogen (secondary N) is 1. The number of aryl methyl sites for hydroxylation is 1.